The van der Waals surface area contributed by atoms with Gasteiger partial charge in [-0.15, -0.1) is 0 Å². The summed E-state index contributed by atoms with van der Waals surface area (Å²) in [4.78, 5) is 0. The van der Waals surface area contributed by atoms with E-state index < -0.39 is 0 Å². The molecule has 128 valence electrons. The summed E-state index contributed by atoms with van der Waals surface area (Å²) in [5, 5.41) is 0. The Kier molecular flexibility index (Phi) is 5.20. The van der Waals surface area contributed by atoms with Gasteiger partial charge >= 0.3 is 0 Å². The Bertz CT molecular complexity index is 807. The predicted octanol–water partition coefficient (Wildman–Crippen LogP) is 5.05. The quantitative estimate of drug-likeness (QED) is 0.686. The molecule has 0 amide bonds. The summed E-state index contributed by atoms with van der Waals surface area (Å²) < 4.78 is 5.95. The van der Waals surface area contributed by atoms with Crippen LogP contribution in [0.4, 0.5) is 0 Å². The SMILES string of the molecule is CC(C)(c1ccccc1)c1ccc(OCc2ccccc2CN)cc1. The number of benzene rings is 3. The molecule has 0 atom stereocenters. The fraction of sp³-hybridized carbons (Fsp3) is 0.217. The Morgan fingerprint density at radius 2 is 1.28 bits per heavy atom. The highest BCUT2D eigenvalue weighted by Crippen LogP contribution is 2.32. The highest BCUT2D eigenvalue weighted by molar-refractivity contribution is 5.40. The average molecular weight is 331 g/mol. The minimum absolute atomic E-state index is 0.0358. The molecule has 25 heavy (non-hydrogen) atoms. The first-order valence-corrected chi connectivity index (χ1v) is 8.67. The zero-order chi connectivity index (χ0) is 17.7. The Labute approximate surface area is 150 Å². The van der Waals surface area contributed by atoms with Crippen LogP contribution in [-0.2, 0) is 18.6 Å². The first-order valence-electron chi connectivity index (χ1n) is 8.67. The van der Waals surface area contributed by atoms with Crippen LogP contribution in [0.15, 0.2) is 78.9 Å². The van der Waals surface area contributed by atoms with Crippen LogP contribution in [0.1, 0.15) is 36.1 Å². The van der Waals surface area contributed by atoms with Gasteiger partial charge in [-0.05, 0) is 34.4 Å². The van der Waals surface area contributed by atoms with Crippen molar-refractivity contribution in [1.29, 1.82) is 0 Å². The lowest BCUT2D eigenvalue weighted by atomic mass is 9.78. The summed E-state index contributed by atoms with van der Waals surface area (Å²) in [6.07, 6.45) is 0. The van der Waals surface area contributed by atoms with Crippen LogP contribution in [0.5, 0.6) is 5.75 Å². The maximum absolute atomic E-state index is 5.95. The fourth-order valence-corrected chi connectivity index (χ4v) is 3.05. The van der Waals surface area contributed by atoms with Crippen molar-refractivity contribution in [1.82, 2.24) is 0 Å². The molecular formula is C23H25NO. The van der Waals surface area contributed by atoms with E-state index in [1.165, 1.54) is 11.1 Å². The molecule has 3 aromatic rings. The molecular weight excluding hydrogens is 306 g/mol. The van der Waals surface area contributed by atoms with Gasteiger partial charge in [0.25, 0.3) is 0 Å². The zero-order valence-corrected chi connectivity index (χ0v) is 14.9. The number of nitrogens with two attached hydrogens (primary N) is 1. The lowest BCUT2D eigenvalue weighted by Crippen LogP contribution is -2.18. The van der Waals surface area contributed by atoms with Gasteiger partial charge < -0.3 is 10.5 Å². The molecule has 0 bridgehead atoms. The van der Waals surface area contributed by atoms with E-state index in [-0.39, 0.29) is 5.41 Å². The molecule has 0 heterocycles. The first-order chi connectivity index (χ1) is 12.1. The number of rotatable bonds is 6. The largest absolute Gasteiger partial charge is 0.489 e. The van der Waals surface area contributed by atoms with Crippen LogP contribution in [0.3, 0.4) is 0 Å². The van der Waals surface area contributed by atoms with Gasteiger partial charge in [0, 0.05) is 12.0 Å². The predicted molar refractivity (Wildman–Crippen MR) is 104 cm³/mol. The fourth-order valence-electron chi connectivity index (χ4n) is 3.05. The van der Waals surface area contributed by atoms with E-state index in [2.05, 4.69) is 62.4 Å². The van der Waals surface area contributed by atoms with Crippen LogP contribution in [0, 0.1) is 0 Å². The van der Waals surface area contributed by atoms with E-state index >= 15 is 0 Å². The van der Waals surface area contributed by atoms with Crippen LogP contribution in [0.25, 0.3) is 0 Å². The van der Waals surface area contributed by atoms with E-state index in [1.807, 2.05) is 30.3 Å². The summed E-state index contributed by atoms with van der Waals surface area (Å²) in [7, 11) is 0. The molecule has 0 saturated carbocycles. The van der Waals surface area contributed by atoms with Gasteiger partial charge in [-0.25, -0.2) is 0 Å². The molecule has 0 radical (unpaired) electrons. The van der Waals surface area contributed by atoms with E-state index in [9.17, 15) is 0 Å². The van der Waals surface area contributed by atoms with Crippen LogP contribution < -0.4 is 10.5 Å². The van der Waals surface area contributed by atoms with Crippen molar-refractivity contribution in [2.75, 3.05) is 0 Å². The second kappa shape index (κ2) is 7.54. The number of ether oxygens (including phenoxy) is 1. The Hall–Kier alpha value is -2.58. The van der Waals surface area contributed by atoms with Crippen molar-refractivity contribution in [3.63, 3.8) is 0 Å². The molecule has 0 fully saturated rings. The third kappa shape index (κ3) is 3.92. The summed E-state index contributed by atoms with van der Waals surface area (Å²) >= 11 is 0. The monoisotopic (exact) mass is 331 g/mol. The molecule has 3 rings (SSSR count). The second-order valence-electron chi connectivity index (χ2n) is 6.78. The lowest BCUT2D eigenvalue weighted by Gasteiger charge is -2.26. The van der Waals surface area contributed by atoms with Crippen molar-refractivity contribution in [3.05, 3.63) is 101 Å². The van der Waals surface area contributed by atoms with Gasteiger partial charge in [-0.2, -0.15) is 0 Å². The van der Waals surface area contributed by atoms with E-state index in [0.29, 0.717) is 13.2 Å². The van der Waals surface area contributed by atoms with Gasteiger partial charge in [0.2, 0.25) is 0 Å². The summed E-state index contributed by atoms with van der Waals surface area (Å²) in [5.41, 5.74) is 10.6. The van der Waals surface area contributed by atoms with Crippen molar-refractivity contribution < 1.29 is 4.74 Å². The van der Waals surface area contributed by atoms with Gasteiger partial charge in [0.15, 0.2) is 0 Å². The molecule has 3 aromatic carbocycles. The molecule has 0 aliphatic heterocycles. The van der Waals surface area contributed by atoms with Crippen molar-refractivity contribution in [2.45, 2.75) is 32.4 Å². The molecule has 0 aromatic heterocycles. The summed E-state index contributed by atoms with van der Waals surface area (Å²) in [5.74, 6) is 0.874. The zero-order valence-electron chi connectivity index (χ0n) is 14.9. The summed E-state index contributed by atoms with van der Waals surface area (Å²) in [6.45, 7) is 5.56. The van der Waals surface area contributed by atoms with E-state index in [1.54, 1.807) is 0 Å². The first kappa shape index (κ1) is 17.2. The molecule has 2 nitrogen and oxygen atoms in total. The maximum atomic E-state index is 5.95. The van der Waals surface area contributed by atoms with Crippen LogP contribution in [-0.4, -0.2) is 0 Å². The van der Waals surface area contributed by atoms with Crippen molar-refractivity contribution in [2.24, 2.45) is 5.73 Å². The number of hydrogen-bond donors (Lipinski definition) is 1. The van der Waals surface area contributed by atoms with E-state index in [0.717, 1.165) is 16.9 Å². The van der Waals surface area contributed by atoms with Gasteiger partial charge in [0.1, 0.15) is 12.4 Å². The van der Waals surface area contributed by atoms with E-state index in [4.69, 9.17) is 10.5 Å². The smallest absolute Gasteiger partial charge is 0.119 e. The third-order valence-electron chi connectivity index (χ3n) is 4.80. The minimum atomic E-state index is -0.0358. The standard InChI is InChI=1S/C23H25NO/c1-23(2,20-10-4-3-5-11-20)21-12-14-22(15-13-21)25-17-19-9-7-6-8-18(19)16-24/h3-15H,16-17,24H2,1-2H3. The van der Waals surface area contributed by atoms with Crippen LogP contribution in [0.2, 0.25) is 0 Å². The van der Waals surface area contributed by atoms with Crippen molar-refractivity contribution >= 4 is 0 Å². The Balaban J connectivity index is 1.72. The summed E-state index contributed by atoms with van der Waals surface area (Å²) in [6, 6.07) is 27.1. The highest BCUT2D eigenvalue weighted by atomic mass is 16.5. The van der Waals surface area contributed by atoms with Gasteiger partial charge in [-0.3, -0.25) is 0 Å². The molecule has 2 heteroatoms. The maximum Gasteiger partial charge on any atom is 0.119 e. The third-order valence-corrected chi connectivity index (χ3v) is 4.80. The number of hydrogen-bond acceptors (Lipinski definition) is 2. The van der Waals surface area contributed by atoms with Crippen LogP contribution >= 0.6 is 0 Å². The molecule has 0 aliphatic carbocycles. The van der Waals surface area contributed by atoms with Crippen molar-refractivity contribution in [3.8, 4) is 5.75 Å². The molecule has 2 N–H and O–H groups in total. The second-order valence-corrected chi connectivity index (χ2v) is 6.78. The average Bonchev–Trinajstić information content (AvgIpc) is 2.67. The van der Waals surface area contributed by atoms with Gasteiger partial charge in [0.05, 0.1) is 0 Å². The Morgan fingerprint density at radius 3 is 1.92 bits per heavy atom. The Morgan fingerprint density at radius 1 is 0.720 bits per heavy atom. The topological polar surface area (TPSA) is 35.2 Å². The minimum Gasteiger partial charge on any atom is -0.489 e. The normalized spacial score (nSPS) is 11.3. The molecule has 0 saturated heterocycles. The lowest BCUT2D eigenvalue weighted by molar-refractivity contribution is 0.305. The highest BCUT2D eigenvalue weighted by Gasteiger charge is 2.22. The molecule has 0 unspecified atom stereocenters. The van der Waals surface area contributed by atoms with Gasteiger partial charge in [-0.1, -0.05) is 80.6 Å². The molecule has 0 spiro atoms. The molecule has 0 aliphatic rings.